The maximum absolute atomic E-state index is 12.6. The largest absolute Gasteiger partial charge is 0.573 e. The summed E-state index contributed by atoms with van der Waals surface area (Å²) in [5, 5.41) is 6.63. The highest BCUT2D eigenvalue weighted by Gasteiger charge is 2.31. The molecule has 3 aromatic rings. The lowest BCUT2D eigenvalue weighted by molar-refractivity contribution is -0.274. The molecule has 2 N–H and O–H groups in total. The van der Waals surface area contributed by atoms with Gasteiger partial charge >= 0.3 is 6.36 Å². The minimum Gasteiger partial charge on any atom is -0.406 e. The van der Waals surface area contributed by atoms with Crippen molar-refractivity contribution < 1.29 is 17.9 Å². The van der Waals surface area contributed by atoms with Crippen molar-refractivity contribution >= 4 is 17.5 Å². The summed E-state index contributed by atoms with van der Waals surface area (Å²) in [6, 6.07) is 12.0. The highest BCUT2D eigenvalue weighted by Crippen LogP contribution is 2.32. The summed E-state index contributed by atoms with van der Waals surface area (Å²) in [6.07, 6.45) is -2.67. The SMILES string of the molecule is Cc1cc(C)c(Nc2cc(-c3cccc(OC(F)(F)F)c3)nc(NC3CC3)n2)c(C)c1. The van der Waals surface area contributed by atoms with Gasteiger partial charge in [-0.15, -0.1) is 13.2 Å². The Kier molecular flexibility index (Phi) is 5.47. The fourth-order valence-corrected chi connectivity index (χ4v) is 3.49. The lowest BCUT2D eigenvalue weighted by Gasteiger charge is -2.16. The first kappa shape index (κ1) is 21.0. The zero-order valence-corrected chi connectivity index (χ0v) is 17.5. The molecule has 1 fully saturated rings. The molecule has 1 aliphatic carbocycles. The van der Waals surface area contributed by atoms with Gasteiger partial charge in [-0.25, -0.2) is 4.98 Å². The van der Waals surface area contributed by atoms with Crippen LogP contribution in [0.5, 0.6) is 5.75 Å². The van der Waals surface area contributed by atoms with E-state index in [9.17, 15) is 13.2 Å². The molecule has 0 bridgehead atoms. The average molecular weight is 428 g/mol. The van der Waals surface area contributed by atoms with E-state index in [0.29, 0.717) is 29.1 Å². The van der Waals surface area contributed by atoms with Crippen LogP contribution in [-0.4, -0.2) is 22.4 Å². The fourth-order valence-electron chi connectivity index (χ4n) is 3.49. The van der Waals surface area contributed by atoms with Gasteiger partial charge in [0.1, 0.15) is 11.6 Å². The molecule has 2 aromatic carbocycles. The van der Waals surface area contributed by atoms with Crippen LogP contribution < -0.4 is 15.4 Å². The first-order valence-electron chi connectivity index (χ1n) is 10.0. The third-order valence-electron chi connectivity index (χ3n) is 4.93. The number of nitrogens with one attached hydrogen (secondary N) is 2. The van der Waals surface area contributed by atoms with Crippen LogP contribution in [0.25, 0.3) is 11.3 Å². The molecule has 0 atom stereocenters. The van der Waals surface area contributed by atoms with Crippen LogP contribution in [0.1, 0.15) is 29.5 Å². The number of hydrogen-bond acceptors (Lipinski definition) is 5. The maximum Gasteiger partial charge on any atom is 0.573 e. The van der Waals surface area contributed by atoms with E-state index in [1.54, 1.807) is 12.1 Å². The summed E-state index contributed by atoms with van der Waals surface area (Å²) in [7, 11) is 0. The highest BCUT2D eigenvalue weighted by atomic mass is 19.4. The standard InChI is InChI=1S/C23H23F3N4O/c1-13-9-14(2)21(15(3)10-13)29-20-12-19(28-22(30-20)27-17-7-8-17)16-5-4-6-18(11-16)31-23(24,25)26/h4-6,9-12,17H,7-8H2,1-3H3,(H2,27,28,29,30). The Bertz CT molecular complexity index is 1090. The van der Waals surface area contributed by atoms with Gasteiger partial charge in [0, 0.05) is 23.4 Å². The van der Waals surface area contributed by atoms with E-state index >= 15 is 0 Å². The molecular weight excluding hydrogens is 405 g/mol. The van der Waals surface area contributed by atoms with Crippen molar-refractivity contribution in [1.29, 1.82) is 0 Å². The van der Waals surface area contributed by atoms with Crippen molar-refractivity contribution in [2.24, 2.45) is 0 Å². The van der Waals surface area contributed by atoms with E-state index in [-0.39, 0.29) is 5.75 Å². The molecular formula is C23H23F3N4O. The Hall–Kier alpha value is -3.29. The number of rotatable bonds is 6. The molecule has 0 amide bonds. The molecule has 1 heterocycles. The number of aryl methyl sites for hydroxylation is 3. The Labute approximate surface area is 178 Å². The minimum atomic E-state index is -4.75. The van der Waals surface area contributed by atoms with Gasteiger partial charge in [0.25, 0.3) is 0 Å². The van der Waals surface area contributed by atoms with Crippen molar-refractivity contribution in [3.8, 4) is 17.0 Å². The van der Waals surface area contributed by atoms with E-state index in [1.165, 1.54) is 23.8 Å². The predicted molar refractivity (Wildman–Crippen MR) is 115 cm³/mol. The molecule has 162 valence electrons. The summed E-state index contributed by atoms with van der Waals surface area (Å²) in [4.78, 5) is 9.10. The molecule has 8 heteroatoms. The number of nitrogens with zero attached hydrogens (tertiary/aromatic N) is 2. The van der Waals surface area contributed by atoms with Crippen molar-refractivity contribution in [1.82, 2.24) is 9.97 Å². The van der Waals surface area contributed by atoms with E-state index in [4.69, 9.17) is 0 Å². The first-order valence-corrected chi connectivity index (χ1v) is 10.0. The number of anilines is 3. The Morgan fingerprint density at radius 1 is 0.968 bits per heavy atom. The Balaban J connectivity index is 1.71. The van der Waals surface area contributed by atoms with E-state index in [2.05, 4.69) is 37.5 Å². The lowest BCUT2D eigenvalue weighted by Crippen LogP contribution is -2.17. The summed E-state index contributed by atoms with van der Waals surface area (Å²) >= 11 is 0. The van der Waals surface area contributed by atoms with Gasteiger partial charge in [0.05, 0.1) is 5.69 Å². The van der Waals surface area contributed by atoms with Crippen molar-refractivity contribution in [3.05, 3.63) is 59.2 Å². The van der Waals surface area contributed by atoms with Crippen LogP contribution in [0.3, 0.4) is 0 Å². The second kappa shape index (κ2) is 8.09. The van der Waals surface area contributed by atoms with Crippen LogP contribution >= 0.6 is 0 Å². The van der Waals surface area contributed by atoms with Crippen molar-refractivity contribution in [2.75, 3.05) is 10.6 Å². The highest BCUT2D eigenvalue weighted by molar-refractivity contribution is 5.71. The van der Waals surface area contributed by atoms with Gasteiger partial charge in [0.15, 0.2) is 0 Å². The predicted octanol–water partition coefficient (Wildman–Crippen LogP) is 6.29. The minimum absolute atomic E-state index is 0.292. The average Bonchev–Trinajstić information content (AvgIpc) is 3.47. The molecule has 4 rings (SSSR count). The van der Waals surface area contributed by atoms with E-state index in [1.807, 2.05) is 20.8 Å². The van der Waals surface area contributed by atoms with Crippen LogP contribution in [-0.2, 0) is 0 Å². The van der Waals surface area contributed by atoms with Gasteiger partial charge in [0.2, 0.25) is 5.95 Å². The molecule has 5 nitrogen and oxygen atoms in total. The maximum atomic E-state index is 12.6. The van der Waals surface area contributed by atoms with Gasteiger partial charge in [-0.3, -0.25) is 0 Å². The molecule has 31 heavy (non-hydrogen) atoms. The third kappa shape index (κ3) is 5.45. The van der Waals surface area contributed by atoms with Crippen molar-refractivity contribution in [3.63, 3.8) is 0 Å². The summed E-state index contributed by atoms with van der Waals surface area (Å²) in [5.41, 5.74) is 5.27. The van der Waals surface area contributed by atoms with Crippen molar-refractivity contribution in [2.45, 2.75) is 46.0 Å². The second-order valence-corrected chi connectivity index (χ2v) is 7.85. The fraction of sp³-hybridized carbons (Fsp3) is 0.304. The van der Waals surface area contributed by atoms with Crippen LogP contribution in [0.4, 0.5) is 30.6 Å². The molecule has 1 aliphatic rings. The van der Waals surface area contributed by atoms with Gasteiger partial charge in [-0.2, -0.15) is 4.98 Å². The number of ether oxygens (including phenoxy) is 1. The smallest absolute Gasteiger partial charge is 0.406 e. The Morgan fingerprint density at radius 3 is 2.32 bits per heavy atom. The van der Waals surface area contributed by atoms with Gasteiger partial charge < -0.3 is 15.4 Å². The third-order valence-corrected chi connectivity index (χ3v) is 4.93. The van der Waals surface area contributed by atoms with Crippen LogP contribution in [0.15, 0.2) is 42.5 Å². The van der Waals surface area contributed by atoms with Gasteiger partial charge in [-0.05, 0) is 56.9 Å². The monoisotopic (exact) mass is 428 g/mol. The molecule has 0 saturated heterocycles. The second-order valence-electron chi connectivity index (χ2n) is 7.85. The number of benzene rings is 2. The topological polar surface area (TPSA) is 59.1 Å². The summed E-state index contributed by atoms with van der Waals surface area (Å²) in [5.74, 6) is 0.706. The Morgan fingerprint density at radius 2 is 1.68 bits per heavy atom. The number of halogens is 3. The van der Waals surface area contributed by atoms with Gasteiger partial charge in [-0.1, -0.05) is 29.8 Å². The summed E-state index contributed by atoms with van der Waals surface area (Å²) < 4.78 is 42.0. The van der Waals surface area contributed by atoms with Crippen LogP contribution in [0.2, 0.25) is 0 Å². The number of hydrogen-bond donors (Lipinski definition) is 2. The molecule has 0 unspecified atom stereocenters. The normalized spacial score (nSPS) is 13.7. The molecule has 0 radical (unpaired) electrons. The first-order chi connectivity index (χ1) is 14.7. The quantitative estimate of drug-likeness (QED) is 0.484. The van der Waals surface area contributed by atoms with Crippen LogP contribution in [0, 0.1) is 20.8 Å². The zero-order chi connectivity index (χ0) is 22.2. The molecule has 0 aliphatic heterocycles. The molecule has 1 aromatic heterocycles. The number of aromatic nitrogens is 2. The number of alkyl halides is 3. The molecule has 1 saturated carbocycles. The zero-order valence-electron chi connectivity index (χ0n) is 17.5. The van der Waals surface area contributed by atoms with E-state index in [0.717, 1.165) is 29.7 Å². The lowest BCUT2D eigenvalue weighted by atomic mass is 10.1. The van der Waals surface area contributed by atoms with E-state index < -0.39 is 6.36 Å². The molecule has 0 spiro atoms. The summed E-state index contributed by atoms with van der Waals surface area (Å²) in [6.45, 7) is 6.08.